The molecule has 1 amide bonds. The second kappa shape index (κ2) is 4.39. The number of thioether (sulfide) groups is 1. The van der Waals surface area contributed by atoms with Crippen molar-refractivity contribution in [2.24, 2.45) is 5.10 Å². The third-order valence-electron chi connectivity index (χ3n) is 1.90. The van der Waals surface area contributed by atoms with Gasteiger partial charge in [-0.2, -0.15) is 5.10 Å². The highest BCUT2D eigenvalue weighted by Crippen LogP contribution is 2.18. The molecule has 5 nitrogen and oxygen atoms in total. The van der Waals surface area contributed by atoms with Gasteiger partial charge in [-0.25, -0.2) is 0 Å². The Morgan fingerprint density at radius 3 is 3.27 bits per heavy atom. The lowest BCUT2D eigenvalue weighted by molar-refractivity contribution is 0.0951. The molecule has 2 heterocycles. The van der Waals surface area contributed by atoms with Crippen LogP contribution < -0.4 is 10.7 Å². The molecule has 2 N–H and O–H groups in total. The van der Waals surface area contributed by atoms with Crippen molar-refractivity contribution in [1.82, 2.24) is 10.7 Å². The summed E-state index contributed by atoms with van der Waals surface area (Å²) in [6.07, 6.45) is 2.42. The first kappa shape index (κ1) is 10.1. The van der Waals surface area contributed by atoms with E-state index in [4.69, 9.17) is 4.42 Å². The van der Waals surface area contributed by atoms with E-state index in [1.54, 1.807) is 12.1 Å². The molecule has 0 saturated carbocycles. The highest BCUT2D eigenvalue weighted by Gasteiger charge is 2.20. The number of nitrogens with one attached hydrogen (secondary N) is 2. The first-order valence-electron chi connectivity index (χ1n) is 4.64. The molecule has 80 valence electrons. The normalized spacial score (nSPS) is 19.5. The van der Waals surface area contributed by atoms with Crippen molar-refractivity contribution < 1.29 is 9.21 Å². The molecular formula is C9H11N3O2S. The van der Waals surface area contributed by atoms with Crippen molar-refractivity contribution in [1.29, 1.82) is 0 Å². The van der Waals surface area contributed by atoms with Gasteiger partial charge in [0.05, 0.1) is 11.6 Å². The zero-order valence-electron chi connectivity index (χ0n) is 8.19. The number of carbonyl (C=O) groups excluding carboxylic acids is 1. The average molecular weight is 225 g/mol. The fourth-order valence-electron chi connectivity index (χ4n) is 1.12. The lowest BCUT2D eigenvalue weighted by Crippen LogP contribution is -2.27. The number of nitrogens with zero attached hydrogens (tertiary/aromatic N) is 1. The Morgan fingerprint density at radius 2 is 2.67 bits per heavy atom. The molecule has 2 rings (SSSR count). The second-order valence-corrected chi connectivity index (χ2v) is 4.18. The second-order valence-electron chi connectivity index (χ2n) is 2.99. The van der Waals surface area contributed by atoms with E-state index in [1.807, 2.05) is 0 Å². The van der Waals surface area contributed by atoms with Crippen LogP contribution in [0.5, 0.6) is 0 Å². The Balaban J connectivity index is 1.91. The standard InChI is InChI=1S/C9H11N3O2S/c1-2-7-11-12-9(15-7)10-8(13)6-4-3-5-14-6/h3-5,7,11H,2H2,1H3,(H,10,12,13). The van der Waals surface area contributed by atoms with Crippen LogP contribution in [0.2, 0.25) is 0 Å². The minimum atomic E-state index is -0.273. The van der Waals surface area contributed by atoms with Crippen LogP contribution in [0.4, 0.5) is 0 Å². The first-order chi connectivity index (χ1) is 7.29. The lowest BCUT2D eigenvalue weighted by atomic mass is 10.4. The summed E-state index contributed by atoms with van der Waals surface area (Å²) in [5.74, 6) is 0.0167. The molecule has 0 saturated heterocycles. The minimum absolute atomic E-state index is 0.247. The highest BCUT2D eigenvalue weighted by atomic mass is 32.2. The molecule has 0 aromatic carbocycles. The number of furan rings is 1. The Bertz CT molecular complexity index is 375. The maximum atomic E-state index is 11.5. The Kier molecular flexibility index (Phi) is 2.96. The van der Waals surface area contributed by atoms with Gasteiger partial charge >= 0.3 is 0 Å². The Morgan fingerprint density at radius 1 is 1.80 bits per heavy atom. The fourth-order valence-corrected chi connectivity index (χ4v) is 1.92. The van der Waals surface area contributed by atoms with E-state index in [1.165, 1.54) is 18.0 Å². The van der Waals surface area contributed by atoms with Crippen LogP contribution >= 0.6 is 11.8 Å². The summed E-state index contributed by atoms with van der Waals surface area (Å²) in [4.78, 5) is 11.5. The van der Waals surface area contributed by atoms with Crippen molar-refractivity contribution in [3.63, 3.8) is 0 Å². The molecule has 1 aromatic rings. The van der Waals surface area contributed by atoms with Crippen molar-refractivity contribution >= 4 is 22.8 Å². The van der Waals surface area contributed by atoms with Crippen molar-refractivity contribution in [3.8, 4) is 0 Å². The summed E-state index contributed by atoms with van der Waals surface area (Å²) in [5, 5.41) is 7.49. The van der Waals surface area contributed by atoms with Crippen molar-refractivity contribution in [2.75, 3.05) is 0 Å². The Labute approximate surface area is 91.3 Å². The van der Waals surface area contributed by atoms with Gasteiger partial charge < -0.3 is 4.42 Å². The third-order valence-corrected chi connectivity index (χ3v) is 3.04. The topological polar surface area (TPSA) is 66.6 Å². The summed E-state index contributed by atoms with van der Waals surface area (Å²) >= 11 is 1.50. The monoisotopic (exact) mass is 225 g/mol. The largest absolute Gasteiger partial charge is 0.459 e. The maximum absolute atomic E-state index is 11.5. The smallest absolute Gasteiger partial charge is 0.292 e. The number of rotatable bonds is 2. The third kappa shape index (κ3) is 2.33. The van der Waals surface area contributed by atoms with Crippen LogP contribution in [0.25, 0.3) is 0 Å². The van der Waals surface area contributed by atoms with Crippen LogP contribution in [0.15, 0.2) is 27.9 Å². The van der Waals surface area contributed by atoms with Gasteiger partial charge in [0.1, 0.15) is 0 Å². The Hall–Kier alpha value is -1.43. The van der Waals surface area contributed by atoms with E-state index in [9.17, 15) is 4.79 Å². The molecule has 1 aromatic heterocycles. The van der Waals surface area contributed by atoms with E-state index >= 15 is 0 Å². The predicted octanol–water partition coefficient (Wildman–Crippen LogP) is 1.35. The molecule has 15 heavy (non-hydrogen) atoms. The fraction of sp³-hybridized carbons (Fsp3) is 0.333. The highest BCUT2D eigenvalue weighted by molar-refractivity contribution is 8.14. The SMILES string of the molecule is CCC1NN=C(NC(=O)c2ccco2)S1. The van der Waals surface area contributed by atoms with Gasteiger partial charge in [0.25, 0.3) is 5.91 Å². The molecule has 1 unspecified atom stereocenters. The van der Waals surface area contributed by atoms with Crippen molar-refractivity contribution in [2.45, 2.75) is 18.7 Å². The lowest BCUT2D eigenvalue weighted by Gasteiger charge is -2.03. The summed E-state index contributed by atoms with van der Waals surface area (Å²) in [7, 11) is 0. The summed E-state index contributed by atoms with van der Waals surface area (Å²) < 4.78 is 4.96. The van der Waals surface area contributed by atoms with Gasteiger partial charge in [-0.3, -0.25) is 15.5 Å². The number of hydrogen-bond donors (Lipinski definition) is 2. The predicted molar refractivity (Wildman–Crippen MR) is 58.4 cm³/mol. The van der Waals surface area contributed by atoms with Crippen LogP contribution in [-0.2, 0) is 0 Å². The van der Waals surface area contributed by atoms with Crippen LogP contribution in [0, 0.1) is 0 Å². The van der Waals surface area contributed by atoms with Gasteiger partial charge in [0, 0.05) is 0 Å². The van der Waals surface area contributed by atoms with E-state index < -0.39 is 0 Å². The van der Waals surface area contributed by atoms with Gasteiger partial charge in [0.15, 0.2) is 10.9 Å². The van der Waals surface area contributed by atoms with Gasteiger partial charge in [-0.15, -0.1) is 0 Å². The summed E-state index contributed by atoms with van der Waals surface area (Å²) in [6, 6.07) is 3.28. The minimum Gasteiger partial charge on any atom is -0.459 e. The molecule has 0 fully saturated rings. The zero-order chi connectivity index (χ0) is 10.7. The number of hydrazone groups is 1. The van der Waals surface area contributed by atoms with E-state index in [-0.39, 0.29) is 11.3 Å². The molecular weight excluding hydrogens is 214 g/mol. The molecule has 0 spiro atoms. The van der Waals surface area contributed by atoms with Gasteiger partial charge in [0.2, 0.25) is 0 Å². The number of hydrogen-bond acceptors (Lipinski definition) is 5. The molecule has 0 aliphatic carbocycles. The number of amides is 1. The van der Waals surface area contributed by atoms with Gasteiger partial charge in [-0.05, 0) is 18.6 Å². The molecule has 1 aliphatic rings. The first-order valence-corrected chi connectivity index (χ1v) is 5.52. The van der Waals surface area contributed by atoms with Gasteiger partial charge in [-0.1, -0.05) is 18.7 Å². The number of amidine groups is 1. The van der Waals surface area contributed by atoms with Crippen LogP contribution in [-0.4, -0.2) is 16.4 Å². The van der Waals surface area contributed by atoms with E-state index in [0.717, 1.165) is 6.42 Å². The molecule has 0 bridgehead atoms. The van der Waals surface area contributed by atoms with Crippen LogP contribution in [0.3, 0.4) is 0 Å². The molecule has 6 heteroatoms. The number of carbonyl (C=O) groups is 1. The average Bonchev–Trinajstić information content (AvgIpc) is 2.87. The zero-order valence-corrected chi connectivity index (χ0v) is 9.00. The molecule has 0 radical (unpaired) electrons. The molecule has 1 aliphatic heterocycles. The summed E-state index contributed by atoms with van der Waals surface area (Å²) in [5.41, 5.74) is 2.91. The maximum Gasteiger partial charge on any atom is 0.292 e. The quantitative estimate of drug-likeness (QED) is 0.797. The molecule has 1 atom stereocenters. The van der Waals surface area contributed by atoms with E-state index in [0.29, 0.717) is 10.9 Å². The van der Waals surface area contributed by atoms with Crippen molar-refractivity contribution in [3.05, 3.63) is 24.2 Å². The summed E-state index contributed by atoms with van der Waals surface area (Å²) in [6.45, 7) is 2.05. The van der Waals surface area contributed by atoms with E-state index in [2.05, 4.69) is 22.8 Å². The van der Waals surface area contributed by atoms with Crippen LogP contribution in [0.1, 0.15) is 23.9 Å².